The Kier molecular flexibility index (Phi) is 7.90. The summed E-state index contributed by atoms with van der Waals surface area (Å²) >= 11 is 0. The summed E-state index contributed by atoms with van der Waals surface area (Å²) in [7, 11) is 0. The molecule has 0 aliphatic rings. The third-order valence-corrected chi connectivity index (χ3v) is 3.46. The first-order chi connectivity index (χ1) is 11.8. The number of ether oxygens (including phenoxy) is 2. The predicted octanol–water partition coefficient (Wildman–Crippen LogP) is 2.81. The number of benzene rings is 2. The molecule has 0 radical (unpaired) electrons. The fourth-order valence-electron chi connectivity index (χ4n) is 2.36. The molecule has 5 heteroatoms. The molecule has 0 heterocycles. The van der Waals surface area contributed by atoms with Crippen molar-refractivity contribution in [3.8, 4) is 5.75 Å². The average molecular weight is 329 g/mol. The minimum Gasteiger partial charge on any atom is -0.491 e. The molecule has 2 rings (SSSR count). The Balaban J connectivity index is 1.81. The van der Waals surface area contributed by atoms with Crippen LogP contribution < -0.4 is 15.4 Å². The molecule has 0 aliphatic heterocycles. The van der Waals surface area contributed by atoms with E-state index in [0.29, 0.717) is 26.3 Å². The van der Waals surface area contributed by atoms with E-state index in [4.69, 9.17) is 9.47 Å². The number of nitrogens with one attached hydrogen (secondary N) is 2. The maximum atomic E-state index is 5.92. The number of hydrogen-bond acceptors (Lipinski definition) is 3. The summed E-state index contributed by atoms with van der Waals surface area (Å²) in [6.45, 7) is 8.12. The van der Waals surface area contributed by atoms with Gasteiger partial charge < -0.3 is 20.1 Å². The average Bonchev–Trinajstić information content (AvgIpc) is 2.62. The first-order valence-corrected chi connectivity index (χ1v) is 8.55. The van der Waals surface area contributed by atoms with Gasteiger partial charge in [-0.15, -0.1) is 0 Å². The van der Waals surface area contributed by atoms with Crippen LogP contribution in [0.4, 0.5) is 0 Å². The molecule has 2 N–H and O–H groups in total. The van der Waals surface area contributed by atoms with E-state index < -0.39 is 0 Å². The van der Waals surface area contributed by atoms with Crippen LogP contribution in [0.3, 0.4) is 0 Å². The minimum absolute atomic E-state index is 0.573. The van der Waals surface area contributed by atoms with Gasteiger partial charge in [0.25, 0.3) is 0 Å². The van der Waals surface area contributed by atoms with Gasteiger partial charge in [0, 0.05) is 18.5 Å². The summed E-state index contributed by atoms with van der Waals surface area (Å²) in [6.07, 6.45) is 0. The maximum Gasteiger partial charge on any atom is 0.191 e. The Bertz CT molecular complexity index is 638. The van der Waals surface area contributed by atoms with Crippen molar-refractivity contribution in [3.63, 3.8) is 0 Å². The summed E-state index contributed by atoms with van der Waals surface area (Å²) in [5.74, 6) is 1.70. The molecule has 0 saturated carbocycles. The van der Waals surface area contributed by atoms with Crippen LogP contribution in [-0.4, -0.2) is 45.4 Å². The van der Waals surface area contributed by atoms with Gasteiger partial charge in [-0.3, -0.25) is 4.99 Å². The van der Waals surface area contributed by atoms with Gasteiger partial charge in [0.1, 0.15) is 12.4 Å². The van der Waals surface area contributed by atoms with Gasteiger partial charge in [-0.2, -0.15) is 0 Å². The maximum absolute atomic E-state index is 5.92. The zero-order valence-electron chi connectivity index (χ0n) is 14.5. The lowest BCUT2D eigenvalue weighted by molar-refractivity contribution is 0.155. The van der Waals surface area contributed by atoms with Crippen molar-refractivity contribution < 1.29 is 9.47 Å². The molecule has 0 atom stereocenters. The van der Waals surface area contributed by atoms with Crippen molar-refractivity contribution in [3.05, 3.63) is 42.5 Å². The molecular weight excluding hydrogens is 302 g/mol. The lowest BCUT2D eigenvalue weighted by Gasteiger charge is -2.13. The van der Waals surface area contributed by atoms with Crippen molar-refractivity contribution in [2.45, 2.75) is 13.8 Å². The summed E-state index contributed by atoms with van der Waals surface area (Å²) in [5, 5.41) is 8.81. The fraction of sp³-hybridized carbons (Fsp3) is 0.421. The molecule has 24 heavy (non-hydrogen) atoms. The van der Waals surface area contributed by atoms with Crippen molar-refractivity contribution in [2.75, 3.05) is 39.5 Å². The predicted molar refractivity (Wildman–Crippen MR) is 99.9 cm³/mol. The SMILES string of the molecule is CCNC(=NCCOCC)NCCOc1cccc2ccccc12. The van der Waals surface area contributed by atoms with Gasteiger partial charge >= 0.3 is 0 Å². The molecule has 0 fully saturated rings. The van der Waals surface area contributed by atoms with Crippen LogP contribution in [0.5, 0.6) is 5.75 Å². The topological polar surface area (TPSA) is 54.9 Å². The van der Waals surface area contributed by atoms with Crippen LogP contribution in [0.1, 0.15) is 13.8 Å². The third kappa shape index (κ3) is 5.74. The monoisotopic (exact) mass is 329 g/mol. The molecule has 0 aromatic heterocycles. The van der Waals surface area contributed by atoms with Gasteiger partial charge in [-0.1, -0.05) is 36.4 Å². The van der Waals surface area contributed by atoms with E-state index in [9.17, 15) is 0 Å². The Morgan fingerprint density at radius 2 is 1.83 bits per heavy atom. The number of rotatable bonds is 9. The van der Waals surface area contributed by atoms with E-state index in [-0.39, 0.29) is 0 Å². The highest BCUT2D eigenvalue weighted by molar-refractivity contribution is 5.88. The minimum atomic E-state index is 0.573. The third-order valence-electron chi connectivity index (χ3n) is 3.46. The number of guanidine groups is 1. The molecule has 5 nitrogen and oxygen atoms in total. The molecule has 2 aromatic carbocycles. The standard InChI is InChI=1S/C19H27N3O2/c1-3-20-19(21-12-14-23-4-2)22-13-15-24-18-11-7-9-16-8-5-6-10-17(16)18/h5-11H,3-4,12-15H2,1-2H3,(H2,20,21,22). The lowest BCUT2D eigenvalue weighted by atomic mass is 10.1. The fourth-order valence-corrected chi connectivity index (χ4v) is 2.36. The normalized spacial score (nSPS) is 11.5. The Labute approximate surface area is 144 Å². The smallest absolute Gasteiger partial charge is 0.191 e. The first-order valence-electron chi connectivity index (χ1n) is 8.55. The molecule has 0 saturated heterocycles. The van der Waals surface area contributed by atoms with Gasteiger partial charge in [0.2, 0.25) is 0 Å². The summed E-state index contributed by atoms with van der Waals surface area (Å²) in [5.41, 5.74) is 0. The second-order valence-electron chi connectivity index (χ2n) is 5.21. The highest BCUT2D eigenvalue weighted by Crippen LogP contribution is 2.24. The molecule has 2 aromatic rings. The summed E-state index contributed by atoms with van der Waals surface area (Å²) in [4.78, 5) is 4.46. The number of nitrogens with zero attached hydrogens (tertiary/aromatic N) is 1. The Hall–Kier alpha value is -2.27. The van der Waals surface area contributed by atoms with Gasteiger partial charge in [-0.25, -0.2) is 0 Å². The number of fused-ring (bicyclic) bond motifs is 1. The number of hydrogen-bond donors (Lipinski definition) is 2. The largest absolute Gasteiger partial charge is 0.491 e. The van der Waals surface area contributed by atoms with Crippen molar-refractivity contribution in [2.24, 2.45) is 4.99 Å². The second-order valence-corrected chi connectivity index (χ2v) is 5.21. The molecule has 0 amide bonds. The van der Waals surface area contributed by atoms with Crippen LogP contribution >= 0.6 is 0 Å². The Morgan fingerprint density at radius 1 is 1.00 bits per heavy atom. The second kappa shape index (κ2) is 10.5. The van der Waals surface area contributed by atoms with E-state index >= 15 is 0 Å². The van der Waals surface area contributed by atoms with E-state index in [1.807, 2.05) is 38.1 Å². The van der Waals surface area contributed by atoms with Gasteiger partial charge in [0.05, 0.1) is 19.7 Å². The summed E-state index contributed by atoms with van der Waals surface area (Å²) in [6, 6.07) is 14.4. The number of aliphatic imine (C=N–C) groups is 1. The highest BCUT2D eigenvalue weighted by Gasteiger charge is 2.01. The lowest BCUT2D eigenvalue weighted by Crippen LogP contribution is -2.39. The molecule has 0 bridgehead atoms. The van der Waals surface area contributed by atoms with Crippen molar-refractivity contribution in [1.82, 2.24) is 10.6 Å². The molecule has 130 valence electrons. The summed E-state index contributed by atoms with van der Waals surface area (Å²) < 4.78 is 11.2. The zero-order chi connectivity index (χ0) is 17.0. The van der Waals surface area contributed by atoms with Crippen LogP contribution in [0.25, 0.3) is 10.8 Å². The van der Waals surface area contributed by atoms with Gasteiger partial charge in [0.15, 0.2) is 5.96 Å². The quantitative estimate of drug-likeness (QED) is 0.422. The van der Waals surface area contributed by atoms with Crippen molar-refractivity contribution >= 4 is 16.7 Å². The van der Waals surface area contributed by atoms with Gasteiger partial charge in [-0.05, 0) is 25.3 Å². The van der Waals surface area contributed by atoms with Crippen LogP contribution in [0.15, 0.2) is 47.5 Å². The van der Waals surface area contributed by atoms with Crippen LogP contribution in [-0.2, 0) is 4.74 Å². The Morgan fingerprint density at radius 3 is 2.67 bits per heavy atom. The van der Waals surface area contributed by atoms with E-state index in [1.54, 1.807) is 0 Å². The molecule has 0 unspecified atom stereocenters. The van der Waals surface area contributed by atoms with Crippen LogP contribution in [0, 0.1) is 0 Å². The van der Waals surface area contributed by atoms with E-state index in [0.717, 1.165) is 30.2 Å². The van der Waals surface area contributed by atoms with E-state index in [1.165, 1.54) is 5.39 Å². The first kappa shape index (κ1) is 18.1. The highest BCUT2D eigenvalue weighted by atomic mass is 16.5. The van der Waals surface area contributed by atoms with E-state index in [2.05, 4.69) is 33.8 Å². The zero-order valence-corrected chi connectivity index (χ0v) is 14.5. The molecule has 0 aliphatic carbocycles. The van der Waals surface area contributed by atoms with Crippen molar-refractivity contribution in [1.29, 1.82) is 0 Å². The molecule has 0 spiro atoms. The van der Waals surface area contributed by atoms with Crippen LogP contribution in [0.2, 0.25) is 0 Å². The molecular formula is C19H27N3O2.